The maximum atomic E-state index is 12.7. The van der Waals surface area contributed by atoms with Crippen molar-refractivity contribution in [3.05, 3.63) is 69.6 Å². The summed E-state index contributed by atoms with van der Waals surface area (Å²) in [6, 6.07) is 15.4. The summed E-state index contributed by atoms with van der Waals surface area (Å²) in [5.74, 6) is -0.0998. The lowest BCUT2D eigenvalue weighted by Crippen LogP contribution is -2.27. The van der Waals surface area contributed by atoms with Crippen LogP contribution in [-0.2, 0) is 10.2 Å². The Labute approximate surface area is 162 Å². The highest BCUT2D eigenvalue weighted by molar-refractivity contribution is 8.27. The molecule has 0 atom stereocenters. The number of hydrogen-bond donors (Lipinski definition) is 0. The van der Waals surface area contributed by atoms with Crippen molar-refractivity contribution in [1.82, 2.24) is 0 Å². The summed E-state index contributed by atoms with van der Waals surface area (Å²) in [4.78, 5) is 14.9. The Morgan fingerprint density at radius 2 is 1.64 bits per heavy atom. The first-order valence-electron chi connectivity index (χ1n) is 7.90. The quantitative estimate of drug-likeness (QED) is 0.462. The molecule has 2 aromatic rings. The van der Waals surface area contributed by atoms with E-state index < -0.39 is 0 Å². The number of thiocarbonyl (C=S) groups is 1. The van der Waals surface area contributed by atoms with Gasteiger partial charge in [-0.25, -0.2) is 0 Å². The first-order chi connectivity index (χ1) is 11.8. The van der Waals surface area contributed by atoms with Gasteiger partial charge in [0, 0.05) is 5.02 Å². The topological polar surface area (TPSA) is 20.3 Å². The molecule has 0 unspecified atom stereocenters. The predicted octanol–water partition coefficient (Wildman–Crippen LogP) is 6.04. The monoisotopic (exact) mass is 387 g/mol. The zero-order valence-electron chi connectivity index (χ0n) is 14.2. The van der Waals surface area contributed by atoms with Crippen molar-refractivity contribution in [2.75, 3.05) is 4.90 Å². The fourth-order valence-corrected chi connectivity index (χ4v) is 3.94. The van der Waals surface area contributed by atoms with E-state index in [1.165, 1.54) is 17.3 Å². The average Bonchev–Trinajstić information content (AvgIpc) is 2.82. The van der Waals surface area contributed by atoms with Crippen LogP contribution >= 0.6 is 35.6 Å². The highest BCUT2D eigenvalue weighted by Gasteiger charge is 2.33. The SMILES string of the molecule is CC(C)(C)c1ccc(/C=C2/SC(=S)N(c3ccc(Cl)cc3)C2=O)cc1. The molecule has 1 amide bonds. The number of carbonyl (C=O) groups is 1. The van der Waals surface area contributed by atoms with Gasteiger partial charge in [-0.15, -0.1) is 0 Å². The van der Waals surface area contributed by atoms with Gasteiger partial charge in [0.2, 0.25) is 0 Å². The van der Waals surface area contributed by atoms with Gasteiger partial charge in [0.1, 0.15) is 0 Å². The summed E-state index contributed by atoms with van der Waals surface area (Å²) >= 11 is 12.6. The van der Waals surface area contributed by atoms with Crippen LogP contribution in [0.25, 0.3) is 6.08 Å². The van der Waals surface area contributed by atoms with Gasteiger partial charge in [0.25, 0.3) is 5.91 Å². The summed E-state index contributed by atoms with van der Waals surface area (Å²) < 4.78 is 0.532. The van der Waals surface area contributed by atoms with Crippen LogP contribution in [0.5, 0.6) is 0 Å². The number of benzene rings is 2. The molecule has 1 aliphatic heterocycles. The third-order valence-corrected chi connectivity index (χ3v) is 5.51. The number of halogens is 1. The molecule has 128 valence electrons. The Bertz CT molecular complexity index is 849. The van der Waals surface area contributed by atoms with Crippen molar-refractivity contribution in [1.29, 1.82) is 0 Å². The van der Waals surface area contributed by atoms with Crippen molar-refractivity contribution in [2.24, 2.45) is 0 Å². The first-order valence-corrected chi connectivity index (χ1v) is 9.50. The fraction of sp³-hybridized carbons (Fsp3) is 0.200. The Morgan fingerprint density at radius 1 is 1.04 bits per heavy atom. The molecule has 25 heavy (non-hydrogen) atoms. The Kier molecular flexibility index (Phi) is 5.05. The molecular weight excluding hydrogens is 370 g/mol. The van der Waals surface area contributed by atoms with E-state index >= 15 is 0 Å². The lowest BCUT2D eigenvalue weighted by molar-refractivity contribution is -0.113. The third kappa shape index (κ3) is 3.97. The summed E-state index contributed by atoms with van der Waals surface area (Å²) in [6.45, 7) is 6.54. The second-order valence-corrected chi connectivity index (χ2v) is 8.98. The van der Waals surface area contributed by atoms with E-state index in [1.807, 2.05) is 18.2 Å². The maximum absolute atomic E-state index is 12.7. The van der Waals surface area contributed by atoms with Crippen molar-refractivity contribution < 1.29 is 4.79 Å². The second-order valence-electron chi connectivity index (χ2n) is 6.87. The molecule has 1 heterocycles. The number of amides is 1. The third-order valence-electron chi connectivity index (χ3n) is 3.95. The van der Waals surface area contributed by atoms with Crippen LogP contribution in [-0.4, -0.2) is 10.2 Å². The predicted molar refractivity (Wildman–Crippen MR) is 112 cm³/mol. The fourth-order valence-electron chi connectivity index (χ4n) is 2.51. The summed E-state index contributed by atoms with van der Waals surface area (Å²) in [6.07, 6.45) is 1.89. The number of anilines is 1. The molecule has 1 saturated heterocycles. The minimum Gasteiger partial charge on any atom is -0.268 e. The van der Waals surface area contributed by atoms with Crippen LogP contribution in [0.4, 0.5) is 5.69 Å². The minimum absolute atomic E-state index is 0.0998. The van der Waals surface area contributed by atoms with Gasteiger partial charge in [-0.1, -0.05) is 80.6 Å². The number of nitrogens with zero attached hydrogens (tertiary/aromatic N) is 1. The van der Waals surface area contributed by atoms with Gasteiger partial charge in [0.05, 0.1) is 10.6 Å². The van der Waals surface area contributed by atoms with Crippen LogP contribution in [0.3, 0.4) is 0 Å². The Morgan fingerprint density at radius 3 is 2.20 bits per heavy atom. The van der Waals surface area contributed by atoms with Crippen LogP contribution < -0.4 is 4.90 Å². The van der Waals surface area contributed by atoms with Crippen LogP contribution in [0.1, 0.15) is 31.9 Å². The van der Waals surface area contributed by atoms with Crippen molar-refractivity contribution in [2.45, 2.75) is 26.2 Å². The van der Waals surface area contributed by atoms with Crippen LogP contribution in [0.15, 0.2) is 53.4 Å². The molecule has 2 aromatic carbocycles. The van der Waals surface area contributed by atoms with Crippen molar-refractivity contribution >= 4 is 57.6 Å². The highest BCUT2D eigenvalue weighted by atomic mass is 35.5. The van der Waals surface area contributed by atoms with E-state index in [2.05, 4.69) is 32.9 Å². The van der Waals surface area contributed by atoms with E-state index in [4.69, 9.17) is 23.8 Å². The standard InChI is InChI=1S/C20H18ClNOS2/c1-20(2,3)14-6-4-13(5-7-14)12-17-18(23)22(19(24)25-17)16-10-8-15(21)9-11-16/h4-12H,1-3H3/b17-12+. The normalized spacial score (nSPS) is 16.8. The van der Waals surface area contributed by atoms with E-state index in [-0.39, 0.29) is 11.3 Å². The molecule has 1 aliphatic rings. The van der Waals surface area contributed by atoms with Crippen LogP contribution in [0, 0.1) is 0 Å². The average molecular weight is 388 g/mol. The maximum Gasteiger partial charge on any atom is 0.270 e. The Hall–Kier alpha value is -1.62. The zero-order valence-corrected chi connectivity index (χ0v) is 16.6. The van der Waals surface area contributed by atoms with Gasteiger partial charge in [-0.2, -0.15) is 0 Å². The molecule has 5 heteroatoms. The van der Waals surface area contributed by atoms with Gasteiger partial charge in [-0.05, 0) is 46.9 Å². The molecule has 2 nitrogen and oxygen atoms in total. The summed E-state index contributed by atoms with van der Waals surface area (Å²) in [5.41, 5.74) is 3.10. The molecule has 0 radical (unpaired) electrons. The van der Waals surface area contributed by atoms with Crippen LogP contribution in [0.2, 0.25) is 5.02 Å². The Balaban J connectivity index is 1.86. The van der Waals surface area contributed by atoms with Gasteiger partial charge >= 0.3 is 0 Å². The highest BCUT2D eigenvalue weighted by Crippen LogP contribution is 2.36. The summed E-state index contributed by atoms with van der Waals surface area (Å²) in [7, 11) is 0. The molecular formula is C20H18ClNOS2. The molecule has 0 saturated carbocycles. The largest absolute Gasteiger partial charge is 0.270 e. The van der Waals surface area contributed by atoms with E-state index in [0.717, 1.165) is 11.3 Å². The summed E-state index contributed by atoms with van der Waals surface area (Å²) in [5, 5.41) is 0.628. The molecule has 0 spiro atoms. The number of carbonyl (C=O) groups excluding carboxylic acids is 1. The van der Waals surface area contributed by atoms with Crippen molar-refractivity contribution in [3.8, 4) is 0 Å². The first kappa shape index (κ1) is 18.2. The van der Waals surface area contributed by atoms with Crippen molar-refractivity contribution in [3.63, 3.8) is 0 Å². The zero-order chi connectivity index (χ0) is 18.2. The lowest BCUT2D eigenvalue weighted by Gasteiger charge is -2.18. The molecule has 0 aromatic heterocycles. The molecule has 0 aliphatic carbocycles. The smallest absolute Gasteiger partial charge is 0.268 e. The van der Waals surface area contributed by atoms with E-state index in [1.54, 1.807) is 29.2 Å². The minimum atomic E-state index is -0.0998. The van der Waals surface area contributed by atoms with Gasteiger partial charge in [-0.3, -0.25) is 9.69 Å². The van der Waals surface area contributed by atoms with Gasteiger partial charge in [0.15, 0.2) is 4.32 Å². The number of rotatable bonds is 2. The van der Waals surface area contributed by atoms with Gasteiger partial charge < -0.3 is 0 Å². The lowest BCUT2D eigenvalue weighted by atomic mass is 9.87. The van der Waals surface area contributed by atoms with E-state index in [9.17, 15) is 4.79 Å². The molecule has 3 rings (SSSR count). The number of thioether (sulfide) groups is 1. The molecule has 1 fully saturated rings. The van der Waals surface area contributed by atoms with E-state index in [0.29, 0.717) is 14.2 Å². The number of hydrogen-bond acceptors (Lipinski definition) is 3. The molecule has 0 bridgehead atoms. The molecule has 0 N–H and O–H groups in total. The second kappa shape index (κ2) is 6.94.